The molecule has 0 radical (unpaired) electrons. The first-order valence-corrected chi connectivity index (χ1v) is 10.4. The van der Waals surface area contributed by atoms with Crippen LogP contribution in [0.2, 0.25) is 0 Å². The number of fused-ring (bicyclic) bond motifs is 3. The van der Waals surface area contributed by atoms with Gasteiger partial charge in [0.2, 0.25) is 5.91 Å². The highest BCUT2D eigenvalue weighted by Gasteiger charge is 2.63. The van der Waals surface area contributed by atoms with E-state index in [-0.39, 0.29) is 23.8 Å². The van der Waals surface area contributed by atoms with E-state index in [1.54, 1.807) is 0 Å². The number of carbonyl (C=O) groups excluding carboxylic acids is 2. The number of hydrogen-bond donors (Lipinski definition) is 0. The van der Waals surface area contributed by atoms with Crippen molar-refractivity contribution >= 4 is 17.5 Å². The van der Waals surface area contributed by atoms with E-state index in [0.29, 0.717) is 0 Å². The molecule has 0 unspecified atom stereocenters. The van der Waals surface area contributed by atoms with Gasteiger partial charge in [-0.15, -0.1) is 0 Å². The van der Waals surface area contributed by atoms with Crippen LogP contribution in [-0.4, -0.2) is 41.0 Å². The fourth-order valence-corrected chi connectivity index (χ4v) is 5.62. The van der Waals surface area contributed by atoms with Crippen molar-refractivity contribution in [1.82, 2.24) is 10.0 Å². The van der Waals surface area contributed by atoms with Gasteiger partial charge in [0, 0.05) is 13.1 Å². The molecule has 2 amide bonds. The molecule has 2 aromatic rings. The minimum absolute atomic E-state index is 0.0602. The molecule has 150 valence electrons. The van der Waals surface area contributed by atoms with Crippen LogP contribution in [0.4, 0.5) is 5.69 Å². The van der Waals surface area contributed by atoms with Crippen LogP contribution in [0.1, 0.15) is 40.3 Å². The number of imide groups is 1. The van der Waals surface area contributed by atoms with Gasteiger partial charge in [-0.3, -0.25) is 9.59 Å². The van der Waals surface area contributed by atoms with Crippen molar-refractivity contribution in [2.75, 3.05) is 18.0 Å². The Morgan fingerprint density at radius 2 is 1.34 bits per heavy atom. The summed E-state index contributed by atoms with van der Waals surface area (Å²) in [5, 5.41) is 4.43. The van der Waals surface area contributed by atoms with Crippen LogP contribution in [0, 0.1) is 33.6 Å². The Morgan fingerprint density at radius 1 is 0.759 bits per heavy atom. The molecule has 29 heavy (non-hydrogen) atoms. The third-order valence-electron chi connectivity index (χ3n) is 6.68. The summed E-state index contributed by atoms with van der Waals surface area (Å²) in [6.07, 6.45) is 1.02. The quantitative estimate of drug-likeness (QED) is 0.738. The maximum absolute atomic E-state index is 13.7. The highest BCUT2D eigenvalue weighted by atomic mass is 16.2. The molecular formula is C24H27N3O2. The van der Waals surface area contributed by atoms with E-state index in [1.165, 1.54) is 10.5 Å². The molecule has 0 N–H and O–H groups in total. The van der Waals surface area contributed by atoms with Gasteiger partial charge in [-0.25, -0.2) is 14.9 Å². The van der Waals surface area contributed by atoms with Gasteiger partial charge in [0.05, 0.1) is 17.6 Å². The summed E-state index contributed by atoms with van der Waals surface area (Å²) in [6, 6.07) is 12.1. The number of nitrogens with zero attached hydrogens (tertiary/aromatic N) is 3. The van der Waals surface area contributed by atoms with E-state index in [4.69, 9.17) is 0 Å². The number of hydrogen-bond acceptors (Lipinski definition) is 4. The second kappa shape index (κ2) is 6.51. The molecule has 3 saturated heterocycles. The van der Waals surface area contributed by atoms with Crippen molar-refractivity contribution in [2.24, 2.45) is 5.92 Å². The first-order valence-electron chi connectivity index (χ1n) is 10.4. The largest absolute Gasteiger partial charge is 0.274 e. The number of anilines is 1. The van der Waals surface area contributed by atoms with E-state index in [0.717, 1.165) is 47.5 Å². The summed E-state index contributed by atoms with van der Waals surface area (Å²) in [5.41, 5.74) is 6.20. The Balaban J connectivity index is 1.61. The molecule has 3 heterocycles. The summed E-state index contributed by atoms with van der Waals surface area (Å²) in [5.74, 6) is -0.489. The van der Waals surface area contributed by atoms with Gasteiger partial charge in [-0.2, -0.15) is 0 Å². The van der Waals surface area contributed by atoms with Crippen LogP contribution in [0.5, 0.6) is 0 Å². The average Bonchev–Trinajstić information content (AvgIpc) is 3.30. The first kappa shape index (κ1) is 18.5. The SMILES string of the molecule is Cc1ccc([C@@H]2[C@H]3C(=O)N(c4c(C)cc(C)cc4C)C(=O)[C@H]3N3CCCN23)cc1. The molecule has 3 aliphatic heterocycles. The number of aryl methyl sites for hydroxylation is 4. The minimum atomic E-state index is -0.392. The zero-order valence-electron chi connectivity index (χ0n) is 17.5. The molecule has 0 saturated carbocycles. The van der Waals surface area contributed by atoms with Crippen molar-refractivity contribution in [3.63, 3.8) is 0 Å². The van der Waals surface area contributed by atoms with E-state index in [1.807, 2.05) is 20.8 Å². The molecule has 3 aliphatic rings. The Labute approximate surface area is 171 Å². The van der Waals surface area contributed by atoms with Crippen molar-refractivity contribution in [3.05, 3.63) is 64.2 Å². The molecule has 0 bridgehead atoms. The lowest BCUT2D eigenvalue weighted by atomic mass is 9.89. The third kappa shape index (κ3) is 2.61. The van der Waals surface area contributed by atoms with Crippen molar-refractivity contribution in [3.8, 4) is 0 Å². The summed E-state index contributed by atoms with van der Waals surface area (Å²) in [4.78, 5) is 28.8. The lowest BCUT2D eigenvalue weighted by Gasteiger charge is -2.30. The molecule has 3 fully saturated rings. The van der Waals surface area contributed by atoms with Crippen LogP contribution >= 0.6 is 0 Å². The van der Waals surface area contributed by atoms with E-state index < -0.39 is 6.04 Å². The zero-order valence-corrected chi connectivity index (χ0v) is 17.5. The lowest BCUT2D eigenvalue weighted by Crippen LogP contribution is -2.44. The van der Waals surface area contributed by atoms with Gasteiger partial charge in [0.1, 0.15) is 6.04 Å². The number of hydrazine groups is 1. The molecule has 0 aromatic heterocycles. The van der Waals surface area contributed by atoms with Gasteiger partial charge >= 0.3 is 0 Å². The third-order valence-corrected chi connectivity index (χ3v) is 6.68. The van der Waals surface area contributed by atoms with Crippen LogP contribution in [-0.2, 0) is 9.59 Å². The maximum Gasteiger partial charge on any atom is 0.253 e. The second-order valence-corrected chi connectivity index (χ2v) is 8.77. The first-order chi connectivity index (χ1) is 13.9. The highest BCUT2D eigenvalue weighted by Crippen LogP contribution is 2.49. The van der Waals surface area contributed by atoms with Crippen LogP contribution < -0.4 is 4.90 Å². The van der Waals surface area contributed by atoms with Crippen LogP contribution in [0.15, 0.2) is 36.4 Å². The van der Waals surface area contributed by atoms with Crippen LogP contribution in [0.25, 0.3) is 0 Å². The van der Waals surface area contributed by atoms with Crippen molar-refractivity contribution in [2.45, 2.75) is 46.2 Å². The number of amides is 2. The Kier molecular flexibility index (Phi) is 4.16. The number of benzene rings is 2. The molecular weight excluding hydrogens is 362 g/mol. The molecule has 5 heteroatoms. The van der Waals surface area contributed by atoms with E-state index >= 15 is 0 Å². The smallest absolute Gasteiger partial charge is 0.253 e. The molecule has 5 rings (SSSR count). The monoisotopic (exact) mass is 389 g/mol. The molecule has 5 nitrogen and oxygen atoms in total. The summed E-state index contributed by atoms with van der Waals surface area (Å²) in [6.45, 7) is 9.82. The minimum Gasteiger partial charge on any atom is -0.274 e. The topological polar surface area (TPSA) is 43.9 Å². The molecule has 3 atom stereocenters. The van der Waals surface area contributed by atoms with Crippen molar-refractivity contribution in [1.29, 1.82) is 0 Å². The fraction of sp³-hybridized carbons (Fsp3) is 0.417. The predicted molar refractivity (Wildman–Crippen MR) is 112 cm³/mol. The predicted octanol–water partition coefficient (Wildman–Crippen LogP) is 3.46. The Hall–Kier alpha value is -2.50. The van der Waals surface area contributed by atoms with Crippen molar-refractivity contribution < 1.29 is 9.59 Å². The summed E-state index contributed by atoms with van der Waals surface area (Å²) >= 11 is 0. The van der Waals surface area contributed by atoms with Gasteiger partial charge in [-0.1, -0.05) is 47.5 Å². The van der Waals surface area contributed by atoms with Gasteiger partial charge in [0.15, 0.2) is 0 Å². The Bertz CT molecular complexity index is 990. The molecule has 2 aromatic carbocycles. The highest BCUT2D eigenvalue weighted by molar-refractivity contribution is 6.24. The van der Waals surface area contributed by atoms with Gasteiger partial charge in [-0.05, 0) is 50.8 Å². The van der Waals surface area contributed by atoms with E-state index in [9.17, 15) is 9.59 Å². The average molecular weight is 389 g/mol. The summed E-state index contributed by atoms with van der Waals surface area (Å²) in [7, 11) is 0. The number of carbonyl (C=O) groups is 2. The van der Waals surface area contributed by atoms with Crippen LogP contribution in [0.3, 0.4) is 0 Å². The number of rotatable bonds is 2. The zero-order chi connectivity index (χ0) is 20.4. The lowest BCUT2D eigenvalue weighted by molar-refractivity contribution is -0.126. The standard InChI is InChI=1S/C24H27N3O2/c1-14-6-8-18(9-7-14)21-19-22(26-11-5-10-25(21)26)24(29)27(23(19)28)20-16(3)12-15(2)13-17(20)4/h6-9,12-13,19,21-22H,5,10-11H2,1-4H3/t19-,21-,22+/m1/s1. The Morgan fingerprint density at radius 3 is 1.97 bits per heavy atom. The normalized spacial score (nSPS) is 27.0. The van der Waals surface area contributed by atoms with Gasteiger partial charge < -0.3 is 0 Å². The second-order valence-electron chi connectivity index (χ2n) is 8.77. The molecule has 0 spiro atoms. The maximum atomic E-state index is 13.7. The fourth-order valence-electron chi connectivity index (χ4n) is 5.62. The van der Waals surface area contributed by atoms with E-state index in [2.05, 4.69) is 53.3 Å². The van der Waals surface area contributed by atoms with Gasteiger partial charge in [0.25, 0.3) is 5.91 Å². The molecule has 0 aliphatic carbocycles. The summed E-state index contributed by atoms with van der Waals surface area (Å²) < 4.78 is 0.